The highest BCUT2D eigenvalue weighted by atomic mass is 79.9. The molecule has 0 aliphatic carbocycles. The normalized spacial score (nSPS) is 14.2. The summed E-state index contributed by atoms with van der Waals surface area (Å²) in [6.45, 7) is 5.76. The number of carbonyl (C=O) groups is 1. The molecule has 7 rings (SSSR count). The third-order valence-electron chi connectivity index (χ3n) is 9.04. The first-order chi connectivity index (χ1) is 25.2. The van der Waals surface area contributed by atoms with E-state index >= 15 is 0 Å². The van der Waals surface area contributed by atoms with Crippen LogP contribution in [0.5, 0.6) is 11.5 Å². The molecule has 1 atom stereocenters. The van der Waals surface area contributed by atoms with Gasteiger partial charge in [-0.3, -0.25) is 9.36 Å². The first-order valence-corrected chi connectivity index (χ1v) is 18.4. The van der Waals surface area contributed by atoms with Gasteiger partial charge in [0, 0.05) is 15.7 Å². The highest BCUT2D eigenvalue weighted by Crippen LogP contribution is 2.41. The van der Waals surface area contributed by atoms with E-state index in [1.807, 2.05) is 42.5 Å². The van der Waals surface area contributed by atoms with E-state index in [1.165, 1.54) is 11.3 Å². The van der Waals surface area contributed by atoms with Crippen LogP contribution in [0.3, 0.4) is 0 Å². The lowest BCUT2D eigenvalue weighted by Crippen LogP contribution is -2.40. The Bertz CT molecular complexity index is 2520. The zero-order valence-electron chi connectivity index (χ0n) is 29.3. The van der Waals surface area contributed by atoms with Gasteiger partial charge in [0.05, 0.1) is 54.1 Å². The Morgan fingerprint density at radius 2 is 1.52 bits per heavy atom. The van der Waals surface area contributed by atoms with E-state index in [2.05, 4.69) is 82.0 Å². The SMILES string of the molecule is CCOC(=O)C1=C(C)N=c2s/c(=C\c3cc(-c4ccccc4)n(-c4ccc(C)cc4)c3-c3ccccc3)c(=O)n2[C@@H]1c1cc(OC)c(OC)cc1Br. The predicted molar refractivity (Wildman–Crippen MR) is 209 cm³/mol. The van der Waals surface area contributed by atoms with Gasteiger partial charge in [0.2, 0.25) is 0 Å². The summed E-state index contributed by atoms with van der Waals surface area (Å²) in [7, 11) is 3.10. The van der Waals surface area contributed by atoms with E-state index in [-0.39, 0.29) is 17.7 Å². The largest absolute Gasteiger partial charge is 0.493 e. The number of nitrogens with zero attached hydrogens (tertiary/aromatic N) is 3. The summed E-state index contributed by atoms with van der Waals surface area (Å²) in [4.78, 5) is 33.6. The predicted octanol–water partition coefficient (Wildman–Crippen LogP) is 8.01. The van der Waals surface area contributed by atoms with Crippen LogP contribution < -0.4 is 24.4 Å². The molecule has 10 heteroatoms. The van der Waals surface area contributed by atoms with Crippen LogP contribution in [0.15, 0.2) is 129 Å². The van der Waals surface area contributed by atoms with Crippen LogP contribution in [0.2, 0.25) is 0 Å². The average molecular weight is 775 g/mol. The summed E-state index contributed by atoms with van der Waals surface area (Å²) in [5.74, 6) is 0.419. The summed E-state index contributed by atoms with van der Waals surface area (Å²) < 4.78 is 21.6. The van der Waals surface area contributed by atoms with Gasteiger partial charge in [-0.05, 0) is 73.9 Å². The molecule has 0 spiro atoms. The van der Waals surface area contributed by atoms with Gasteiger partial charge < -0.3 is 18.8 Å². The molecule has 0 N–H and O–H groups in total. The van der Waals surface area contributed by atoms with Crippen molar-refractivity contribution in [3.05, 3.63) is 155 Å². The van der Waals surface area contributed by atoms with Crippen LogP contribution in [0.1, 0.15) is 36.6 Å². The number of thiazole rings is 1. The molecule has 2 aromatic heterocycles. The van der Waals surface area contributed by atoms with E-state index < -0.39 is 12.0 Å². The quantitative estimate of drug-likeness (QED) is 0.139. The lowest BCUT2D eigenvalue weighted by Gasteiger charge is -2.26. The fourth-order valence-electron chi connectivity index (χ4n) is 6.62. The molecule has 0 bridgehead atoms. The van der Waals surface area contributed by atoms with E-state index in [0.29, 0.717) is 36.6 Å². The van der Waals surface area contributed by atoms with Gasteiger partial charge in [0.1, 0.15) is 0 Å². The van der Waals surface area contributed by atoms with Gasteiger partial charge in [-0.25, -0.2) is 9.79 Å². The molecule has 262 valence electrons. The molecule has 8 nitrogen and oxygen atoms in total. The van der Waals surface area contributed by atoms with Crippen LogP contribution >= 0.6 is 27.3 Å². The second-order valence-electron chi connectivity index (χ2n) is 12.3. The van der Waals surface area contributed by atoms with Gasteiger partial charge >= 0.3 is 5.97 Å². The molecule has 1 aliphatic heterocycles. The number of carbonyl (C=O) groups excluding carboxylic acids is 1. The maximum Gasteiger partial charge on any atom is 0.338 e. The molecular weight excluding hydrogens is 738 g/mol. The number of hydrogen-bond acceptors (Lipinski definition) is 7. The van der Waals surface area contributed by atoms with Crippen LogP contribution in [0.25, 0.3) is 34.3 Å². The van der Waals surface area contributed by atoms with Crippen LogP contribution in [0.4, 0.5) is 0 Å². The average Bonchev–Trinajstić information content (AvgIpc) is 3.68. The fourth-order valence-corrected chi connectivity index (χ4v) is 8.20. The van der Waals surface area contributed by atoms with Crippen molar-refractivity contribution in [1.82, 2.24) is 9.13 Å². The van der Waals surface area contributed by atoms with Gasteiger partial charge in [-0.2, -0.15) is 0 Å². The minimum atomic E-state index is -0.850. The standard InChI is InChI=1S/C42H36BrN3O5S/c1-6-51-41(48)37-26(3)44-42-46(39(37)31-23-34(49-4)35(50-5)24-32(31)43)40(47)36(52-42)22-29-21-33(27-13-9-7-10-14-27)45(30-19-17-25(2)18-20-30)38(29)28-15-11-8-12-16-28/h7-24,39H,6H2,1-5H3/b36-22-/t39-/m1/s1. The Balaban J connectivity index is 1.52. The smallest absolute Gasteiger partial charge is 0.338 e. The summed E-state index contributed by atoms with van der Waals surface area (Å²) in [5, 5.41) is 0. The number of hydrogen-bond donors (Lipinski definition) is 0. The lowest BCUT2D eigenvalue weighted by molar-refractivity contribution is -0.139. The summed E-state index contributed by atoms with van der Waals surface area (Å²) >= 11 is 4.97. The Labute approximate surface area is 313 Å². The van der Waals surface area contributed by atoms with Gasteiger partial charge in [0.15, 0.2) is 16.3 Å². The first-order valence-electron chi connectivity index (χ1n) is 16.8. The second kappa shape index (κ2) is 14.7. The molecule has 4 aromatic carbocycles. The molecular formula is C42H36BrN3O5S. The number of halogens is 1. The highest BCUT2D eigenvalue weighted by Gasteiger charge is 2.35. The third-order valence-corrected chi connectivity index (χ3v) is 10.7. The Morgan fingerprint density at radius 3 is 2.15 bits per heavy atom. The second-order valence-corrected chi connectivity index (χ2v) is 14.1. The molecule has 3 heterocycles. The minimum absolute atomic E-state index is 0.170. The van der Waals surface area contributed by atoms with E-state index in [1.54, 1.807) is 44.8 Å². The number of ether oxygens (including phenoxy) is 3. The maximum absolute atomic E-state index is 14.8. The van der Waals surface area contributed by atoms with Crippen molar-refractivity contribution in [1.29, 1.82) is 0 Å². The molecule has 52 heavy (non-hydrogen) atoms. The number of benzene rings is 4. The van der Waals surface area contributed by atoms with E-state index in [4.69, 9.17) is 19.2 Å². The first kappa shape index (κ1) is 35.0. The number of esters is 1. The Hall–Kier alpha value is -5.45. The monoisotopic (exact) mass is 773 g/mol. The van der Waals surface area contributed by atoms with Crippen molar-refractivity contribution in [2.75, 3.05) is 20.8 Å². The van der Waals surface area contributed by atoms with Gasteiger partial charge in [0.25, 0.3) is 5.56 Å². The summed E-state index contributed by atoms with van der Waals surface area (Å²) in [5.41, 5.74) is 8.07. The van der Waals surface area contributed by atoms with E-state index in [0.717, 1.165) is 39.3 Å². The number of rotatable bonds is 9. The number of aryl methyl sites for hydroxylation is 1. The van der Waals surface area contributed by atoms with Crippen LogP contribution in [-0.4, -0.2) is 35.9 Å². The van der Waals surface area contributed by atoms with Crippen molar-refractivity contribution in [3.8, 4) is 39.7 Å². The molecule has 0 unspecified atom stereocenters. The fraction of sp³-hybridized carbons (Fsp3) is 0.167. The third kappa shape index (κ3) is 6.33. The summed E-state index contributed by atoms with van der Waals surface area (Å²) in [6, 6.07) is 33.7. The topological polar surface area (TPSA) is 84.1 Å². The van der Waals surface area contributed by atoms with Crippen LogP contribution in [-0.2, 0) is 9.53 Å². The molecule has 0 saturated heterocycles. The highest BCUT2D eigenvalue weighted by molar-refractivity contribution is 9.10. The molecule has 0 amide bonds. The number of allylic oxidation sites excluding steroid dienone is 1. The molecule has 0 fully saturated rings. The van der Waals surface area contributed by atoms with E-state index in [9.17, 15) is 9.59 Å². The van der Waals surface area contributed by atoms with Gasteiger partial charge in [-0.15, -0.1) is 0 Å². The number of fused-ring (bicyclic) bond motifs is 1. The van der Waals surface area contributed by atoms with Crippen LogP contribution in [0, 0.1) is 6.92 Å². The van der Waals surface area contributed by atoms with Crippen molar-refractivity contribution in [2.24, 2.45) is 4.99 Å². The minimum Gasteiger partial charge on any atom is -0.493 e. The molecule has 0 saturated carbocycles. The zero-order valence-corrected chi connectivity index (χ0v) is 31.7. The number of methoxy groups -OCH3 is 2. The Kier molecular flexibility index (Phi) is 9.85. The number of aromatic nitrogens is 2. The molecule has 1 aliphatic rings. The molecule has 0 radical (unpaired) electrons. The van der Waals surface area contributed by atoms with Gasteiger partial charge in [-0.1, -0.05) is 106 Å². The van der Waals surface area contributed by atoms with Crippen molar-refractivity contribution in [2.45, 2.75) is 26.8 Å². The maximum atomic E-state index is 14.8. The van der Waals surface area contributed by atoms with Crippen molar-refractivity contribution < 1.29 is 19.0 Å². The Morgan fingerprint density at radius 1 is 0.885 bits per heavy atom. The van der Waals surface area contributed by atoms with Crippen molar-refractivity contribution >= 4 is 39.3 Å². The lowest BCUT2D eigenvalue weighted by atomic mass is 9.95. The van der Waals surface area contributed by atoms with Crippen molar-refractivity contribution in [3.63, 3.8) is 0 Å². The summed E-state index contributed by atoms with van der Waals surface area (Å²) in [6.07, 6.45) is 1.94. The molecule has 6 aromatic rings. The zero-order chi connectivity index (χ0) is 36.5.